The maximum Gasteiger partial charge on any atom is 0.253 e. The molecule has 1 N–H and O–H groups in total. The molecule has 1 heterocycles. The number of nitrogens with one attached hydrogen (secondary N) is 1. The zero-order valence-corrected chi connectivity index (χ0v) is 16.1. The summed E-state index contributed by atoms with van der Waals surface area (Å²) in [5, 5.41) is 0. The lowest BCUT2D eigenvalue weighted by atomic mass is 9.97. The molecule has 7 heteroatoms. The molecule has 0 bridgehead atoms. The summed E-state index contributed by atoms with van der Waals surface area (Å²) in [7, 11) is -3.21. The molecule has 27 heavy (non-hydrogen) atoms. The average molecular weight is 388 g/mol. The number of likely N-dealkylation sites (tertiary alicyclic amines) is 1. The van der Waals surface area contributed by atoms with Gasteiger partial charge < -0.3 is 9.64 Å². The van der Waals surface area contributed by atoms with Crippen molar-refractivity contribution in [2.45, 2.75) is 12.8 Å². The summed E-state index contributed by atoms with van der Waals surface area (Å²) >= 11 is 0. The second-order valence-corrected chi connectivity index (χ2v) is 8.65. The molecule has 1 aliphatic rings. The van der Waals surface area contributed by atoms with Crippen LogP contribution in [0.1, 0.15) is 23.2 Å². The quantitative estimate of drug-likeness (QED) is 0.826. The Morgan fingerprint density at radius 1 is 1.11 bits per heavy atom. The number of carbonyl (C=O) groups excluding carboxylic acids is 1. The molecule has 1 saturated heterocycles. The zero-order valence-electron chi connectivity index (χ0n) is 15.3. The Balaban J connectivity index is 1.59. The first kappa shape index (κ1) is 19.4. The Bertz CT molecular complexity index is 867. The van der Waals surface area contributed by atoms with Crippen LogP contribution >= 0.6 is 0 Å². The molecule has 0 unspecified atom stereocenters. The van der Waals surface area contributed by atoms with E-state index in [0.717, 1.165) is 24.8 Å². The van der Waals surface area contributed by atoms with Crippen LogP contribution in [0.15, 0.2) is 54.6 Å². The summed E-state index contributed by atoms with van der Waals surface area (Å²) < 4.78 is 30.8. The highest BCUT2D eigenvalue weighted by atomic mass is 32.2. The van der Waals surface area contributed by atoms with E-state index < -0.39 is 10.0 Å². The molecule has 0 aromatic heterocycles. The molecular weight excluding hydrogens is 364 g/mol. The minimum atomic E-state index is -3.21. The van der Waals surface area contributed by atoms with Crippen molar-refractivity contribution in [2.24, 2.45) is 5.92 Å². The van der Waals surface area contributed by atoms with Crippen molar-refractivity contribution in [2.75, 3.05) is 25.9 Å². The predicted molar refractivity (Wildman–Crippen MR) is 104 cm³/mol. The molecule has 1 atom stereocenters. The van der Waals surface area contributed by atoms with E-state index in [-0.39, 0.29) is 11.8 Å². The molecule has 144 valence electrons. The van der Waals surface area contributed by atoms with Crippen molar-refractivity contribution >= 4 is 15.9 Å². The number of ether oxygens (including phenoxy) is 1. The Hall–Kier alpha value is -2.38. The van der Waals surface area contributed by atoms with Gasteiger partial charge in [0, 0.05) is 25.2 Å². The van der Waals surface area contributed by atoms with E-state index >= 15 is 0 Å². The summed E-state index contributed by atoms with van der Waals surface area (Å²) in [6, 6.07) is 16.6. The van der Waals surface area contributed by atoms with Crippen LogP contribution in [0, 0.1) is 5.92 Å². The van der Waals surface area contributed by atoms with Crippen LogP contribution in [0.25, 0.3) is 0 Å². The molecule has 1 fully saturated rings. The number of benzene rings is 2. The molecule has 2 aromatic carbocycles. The highest BCUT2D eigenvalue weighted by molar-refractivity contribution is 7.88. The molecule has 0 aliphatic carbocycles. The number of nitrogens with zero attached hydrogens (tertiary/aromatic N) is 1. The van der Waals surface area contributed by atoms with E-state index in [1.165, 1.54) is 0 Å². The van der Waals surface area contributed by atoms with E-state index in [4.69, 9.17) is 4.74 Å². The number of rotatable bonds is 6. The van der Waals surface area contributed by atoms with Gasteiger partial charge in [-0.25, -0.2) is 13.1 Å². The van der Waals surface area contributed by atoms with Crippen molar-refractivity contribution in [3.63, 3.8) is 0 Å². The summed E-state index contributed by atoms with van der Waals surface area (Å²) in [6.07, 6.45) is 2.94. The van der Waals surface area contributed by atoms with E-state index in [1.54, 1.807) is 29.2 Å². The number of piperidine rings is 1. The summed E-state index contributed by atoms with van der Waals surface area (Å²) in [5.41, 5.74) is 0.604. The topological polar surface area (TPSA) is 75.7 Å². The van der Waals surface area contributed by atoms with Crippen molar-refractivity contribution in [3.8, 4) is 11.5 Å². The van der Waals surface area contributed by atoms with Crippen LogP contribution < -0.4 is 9.46 Å². The van der Waals surface area contributed by atoms with Crippen molar-refractivity contribution < 1.29 is 17.9 Å². The number of carbonyl (C=O) groups is 1. The van der Waals surface area contributed by atoms with Gasteiger partial charge >= 0.3 is 0 Å². The van der Waals surface area contributed by atoms with Gasteiger partial charge in [0.1, 0.15) is 11.5 Å². The van der Waals surface area contributed by atoms with E-state index in [2.05, 4.69) is 4.72 Å². The van der Waals surface area contributed by atoms with E-state index in [0.29, 0.717) is 30.9 Å². The SMILES string of the molecule is CS(=O)(=O)NC[C@H]1CCCN(C(=O)c2ccc(Oc3ccccc3)cc2)C1. The molecule has 3 rings (SSSR count). The Morgan fingerprint density at radius 2 is 1.78 bits per heavy atom. The number of amides is 1. The van der Waals surface area contributed by atoms with Gasteiger partial charge in [0.15, 0.2) is 0 Å². The van der Waals surface area contributed by atoms with Crippen molar-refractivity contribution in [1.82, 2.24) is 9.62 Å². The largest absolute Gasteiger partial charge is 0.457 e. The van der Waals surface area contributed by atoms with Gasteiger partial charge in [-0.05, 0) is 55.2 Å². The third-order valence-electron chi connectivity index (χ3n) is 4.52. The van der Waals surface area contributed by atoms with Gasteiger partial charge in [-0.2, -0.15) is 0 Å². The first-order chi connectivity index (χ1) is 12.9. The molecule has 2 aromatic rings. The molecule has 1 aliphatic heterocycles. The van der Waals surface area contributed by atoms with Gasteiger partial charge in [0.05, 0.1) is 6.26 Å². The summed E-state index contributed by atoms with van der Waals surface area (Å²) in [6.45, 7) is 1.62. The second kappa shape index (κ2) is 8.54. The van der Waals surface area contributed by atoms with Crippen LogP contribution in [0.2, 0.25) is 0 Å². The molecule has 0 spiro atoms. The van der Waals surface area contributed by atoms with Gasteiger partial charge in [-0.15, -0.1) is 0 Å². The fraction of sp³-hybridized carbons (Fsp3) is 0.350. The maximum atomic E-state index is 12.8. The van der Waals surface area contributed by atoms with Gasteiger partial charge in [0.2, 0.25) is 10.0 Å². The first-order valence-electron chi connectivity index (χ1n) is 8.97. The lowest BCUT2D eigenvalue weighted by molar-refractivity contribution is 0.0676. The number of hydrogen-bond donors (Lipinski definition) is 1. The fourth-order valence-electron chi connectivity index (χ4n) is 3.16. The Labute approximate surface area is 160 Å². The molecule has 0 radical (unpaired) electrons. The van der Waals surface area contributed by atoms with Crippen molar-refractivity contribution in [1.29, 1.82) is 0 Å². The van der Waals surface area contributed by atoms with Gasteiger partial charge in [0.25, 0.3) is 5.91 Å². The number of hydrogen-bond acceptors (Lipinski definition) is 4. The van der Waals surface area contributed by atoms with Gasteiger partial charge in [-0.3, -0.25) is 4.79 Å². The lowest BCUT2D eigenvalue weighted by Gasteiger charge is -2.32. The Morgan fingerprint density at radius 3 is 2.44 bits per heavy atom. The van der Waals surface area contributed by atoms with Crippen LogP contribution in [-0.2, 0) is 10.0 Å². The van der Waals surface area contributed by atoms with Crippen LogP contribution in [0.3, 0.4) is 0 Å². The number of sulfonamides is 1. The first-order valence-corrected chi connectivity index (χ1v) is 10.9. The fourth-order valence-corrected chi connectivity index (χ4v) is 3.70. The lowest BCUT2D eigenvalue weighted by Crippen LogP contribution is -2.43. The highest BCUT2D eigenvalue weighted by Gasteiger charge is 2.25. The van der Waals surface area contributed by atoms with Crippen LogP contribution in [0.4, 0.5) is 0 Å². The smallest absolute Gasteiger partial charge is 0.253 e. The zero-order chi connectivity index (χ0) is 19.3. The third-order valence-corrected chi connectivity index (χ3v) is 5.21. The average Bonchev–Trinajstić information content (AvgIpc) is 2.67. The monoisotopic (exact) mass is 388 g/mol. The minimum Gasteiger partial charge on any atom is -0.457 e. The van der Waals surface area contributed by atoms with Crippen LogP contribution in [-0.4, -0.2) is 45.1 Å². The summed E-state index contributed by atoms with van der Waals surface area (Å²) in [4.78, 5) is 14.6. The molecule has 1 amide bonds. The van der Waals surface area contributed by atoms with Gasteiger partial charge in [-0.1, -0.05) is 18.2 Å². The summed E-state index contributed by atoms with van der Waals surface area (Å²) in [5.74, 6) is 1.52. The second-order valence-electron chi connectivity index (χ2n) is 6.82. The molecule has 0 saturated carbocycles. The molecular formula is C20H24N2O4S. The van der Waals surface area contributed by atoms with Crippen molar-refractivity contribution in [3.05, 3.63) is 60.2 Å². The van der Waals surface area contributed by atoms with E-state index in [9.17, 15) is 13.2 Å². The molecule has 6 nitrogen and oxygen atoms in total. The predicted octanol–water partition coefficient (Wildman–Crippen LogP) is 2.88. The normalized spacial score (nSPS) is 17.5. The van der Waals surface area contributed by atoms with E-state index in [1.807, 2.05) is 30.3 Å². The highest BCUT2D eigenvalue weighted by Crippen LogP contribution is 2.23. The number of para-hydroxylation sites is 1. The minimum absolute atomic E-state index is 0.0367. The Kier molecular flexibility index (Phi) is 6.13. The third kappa shape index (κ3) is 5.80. The van der Waals surface area contributed by atoms with Crippen LogP contribution in [0.5, 0.6) is 11.5 Å². The maximum absolute atomic E-state index is 12.8. The standard InChI is InChI=1S/C20H24N2O4S/c1-27(24,25)21-14-16-6-5-13-22(15-16)20(23)17-9-11-19(12-10-17)26-18-7-3-2-4-8-18/h2-4,7-12,16,21H,5-6,13-15H2,1H3/t16-/m1/s1.